The monoisotopic (exact) mass is 371 g/mol. The van der Waals surface area contributed by atoms with Gasteiger partial charge < -0.3 is 10.1 Å². The second-order valence-electron chi connectivity index (χ2n) is 7.38. The Hall–Kier alpha value is -2.34. The fourth-order valence-corrected chi connectivity index (χ4v) is 5.86. The van der Waals surface area contributed by atoms with E-state index >= 15 is 0 Å². The van der Waals surface area contributed by atoms with Crippen LogP contribution in [-0.2, 0) is 14.6 Å². The smallest absolute Gasteiger partial charge is 0.242 e. The maximum Gasteiger partial charge on any atom is 0.242 e. The second-order valence-corrected chi connectivity index (χ2v) is 9.45. The average molecular weight is 371 g/mol. The van der Waals surface area contributed by atoms with Gasteiger partial charge in [-0.15, -0.1) is 0 Å². The van der Waals surface area contributed by atoms with Gasteiger partial charge in [0.15, 0.2) is 20.8 Å². The predicted octanol–water partition coefficient (Wildman–Crippen LogP) is 2.86. The molecular formula is C20H21NO4S. The molecule has 2 aliphatic rings. The van der Waals surface area contributed by atoms with Crippen LogP contribution in [0.1, 0.15) is 36.0 Å². The van der Waals surface area contributed by atoms with Crippen molar-refractivity contribution in [3.63, 3.8) is 0 Å². The van der Waals surface area contributed by atoms with Gasteiger partial charge in [0, 0.05) is 12.3 Å². The van der Waals surface area contributed by atoms with Gasteiger partial charge in [0.1, 0.15) is 5.75 Å². The van der Waals surface area contributed by atoms with Crippen LogP contribution in [0.4, 0.5) is 0 Å². The van der Waals surface area contributed by atoms with Crippen LogP contribution in [0.5, 0.6) is 5.75 Å². The first kappa shape index (κ1) is 17.1. The van der Waals surface area contributed by atoms with Crippen LogP contribution in [0.2, 0.25) is 0 Å². The highest BCUT2D eigenvalue weighted by atomic mass is 32.2. The Labute approximate surface area is 153 Å². The highest BCUT2D eigenvalue weighted by molar-refractivity contribution is 7.92. The zero-order valence-corrected chi connectivity index (χ0v) is 15.8. The molecule has 6 heteroatoms. The van der Waals surface area contributed by atoms with Gasteiger partial charge in [0.25, 0.3) is 0 Å². The van der Waals surface area contributed by atoms with Crippen LogP contribution >= 0.6 is 0 Å². The lowest BCUT2D eigenvalue weighted by Gasteiger charge is -2.46. The zero-order valence-electron chi connectivity index (χ0n) is 14.9. The largest absolute Gasteiger partial charge is 0.468 e. The minimum atomic E-state index is -3.84. The quantitative estimate of drug-likeness (QED) is 0.881. The Bertz CT molecular complexity index is 1010. The molecule has 1 saturated heterocycles. The number of hydrogen-bond donors (Lipinski definition) is 1. The van der Waals surface area contributed by atoms with Crippen molar-refractivity contribution in [3.8, 4) is 5.75 Å². The van der Waals surface area contributed by atoms with Gasteiger partial charge in [0.2, 0.25) is 5.91 Å². The molecule has 2 aromatic carbocycles. The molecule has 0 saturated carbocycles. The lowest BCUT2D eigenvalue weighted by Crippen LogP contribution is -2.63. The Morgan fingerprint density at radius 2 is 1.85 bits per heavy atom. The molecule has 1 amide bonds. The molecule has 0 aliphatic carbocycles. The molecule has 2 heterocycles. The van der Waals surface area contributed by atoms with Crippen molar-refractivity contribution in [1.29, 1.82) is 0 Å². The van der Waals surface area contributed by atoms with E-state index in [2.05, 4.69) is 5.32 Å². The third-order valence-corrected chi connectivity index (χ3v) is 7.54. The van der Waals surface area contributed by atoms with E-state index in [1.807, 2.05) is 38.1 Å². The van der Waals surface area contributed by atoms with Crippen LogP contribution in [0, 0.1) is 13.8 Å². The molecule has 0 aromatic heterocycles. The van der Waals surface area contributed by atoms with E-state index in [9.17, 15) is 13.2 Å². The van der Waals surface area contributed by atoms with Crippen molar-refractivity contribution in [2.75, 3.05) is 0 Å². The molecule has 2 aliphatic heterocycles. The van der Waals surface area contributed by atoms with E-state index in [4.69, 9.17) is 4.74 Å². The summed E-state index contributed by atoms with van der Waals surface area (Å²) in [7, 11) is -3.84. The number of rotatable bonds is 2. The van der Waals surface area contributed by atoms with E-state index in [1.165, 1.54) is 0 Å². The summed E-state index contributed by atoms with van der Waals surface area (Å²) in [5, 5.41) is 1.61. The number of aryl methyl sites for hydroxylation is 2. The van der Waals surface area contributed by atoms with Crippen molar-refractivity contribution in [2.45, 2.75) is 49.0 Å². The number of amides is 1. The Morgan fingerprint density at radius 3 is 2.58 bits per heavy atom. The van der Waals surface area contributed by atoms with Crippen LogP contribution in [0.3, 0.4) is 0 Å². The standard InChI is InChI=1S/C20H21NO4S/c1-12-8-9-14(10-13(12)2)26(23,24)18-16-11-20(3,21-19(18)22)25-17-7-5-4-6-15(16)17/h4-10,16,18H,11H2,1-3H3,(H,21,22)/t16-,18?,20-/m1/s1. The third-order valence-electron chi connectivity index (χ3n) is 5.42. The molecule has 136 valence electrons. The molecule has 0 spiro atoms. The molecule has 26 heavy (non-hydrogen) atoms. The predicted molar refractivity (Wildman–Crippen MR) is 97.9 cm³/mol. The number of carbonyl (C=O) groups excluding carboxylic acids is 1. The lowest BCUT2D eigenvalue weighted by molar-refractivity contribution is -0.132. The maximum absolute atomic E-state index is 13.4. The molecular weight excluding hydrogens is 350 g/mol. The minimum absolute atomic E-state index is 0.188. The van der Waals surface area contributed by atoms with E-state index in [1.54, 1.807) is 25.1 Å². The molecule has 3 atom stereocenters. The van der Waals surface area contributed by atoms with Crippen LogP contribution < -0.4 is 10.1 Å². The van der Waals surface area contributed by atoms with Gasteiger partial charge in [-0.2, -0.15) is 0 Å². The van der Waals surface area contributed by atoms with Crippen LogP contribution in [-0.4, -0.2) is 25.3 Å². The van der Waals surface area contributed by atoms with Crippen molar-refractivity contribution in [2.24, 2.45) is 0 Å². The molecule has 0 radical (unpaired) electrons. The van der Waals surface area contributed by atoms with E-state index in [-0.39, 0.29) is 4.90 Å². The summed E-state index contributed by atoms with van der Waals surface area (Å²) in [5.41, 5.74) is 1.79. The lowest BCUT2D eigenvalue weighted by atomic mass is 9.81. The third kappa shape index (κ3) is 2.51. The zero-order chi connectivity index (χ0) is 18.7. The summed E-state index contributed by atoms with van der Waals surface area (Å²) in [6, 6.07) is 12.4. The molecule has 1 fully saturated rings. The van der Waals surface area contributed by atoms with E-state index in [0.717, 1.165) is 16.7 Å². The number of benzene rings is 2. The highest BCUT2D eigenvalue weighted by Crippen LogP contribution is 2.47. The average Bonchev–Trinajstić information content (AvgIpc) is 2.56. The Kier molecular flexibility index (Phi) is 3.67. The van der Waals surface area contributed by atoms with Crippen molar-refractivity contribution in [1.82, 2.24) is 5.32 Å². The fourth-order valence-electron chi connectivity index (χ4n) is 3.95. The molecule has 1 N–H and O–H groups in total. The van der Waals surface area contributed by atoms with Gasteiger partial charge in [-0.05, 0) is 55.7 Å². The number of nitrogens with one attached hydrogen (secondary N) is 1. The number of para-hydroxylation sites is 1. The molecule has 1 unspecified atom stereocenters. The molecule has 2 bridgehead atoms. The van der Waals surface area contributed by atoms with Crippen LogP contribution in [0.15, 0.2) is 47.4 Å². The van der Waals surface area contributed by atoms with E-state index in [0.29, 0.717) is 12.2 Å². The van der Waals surface area contributed by atoms with Gasteiger partial charge in [0.05, 0.1) is 4.90 Å². The summed E-state index contributed by atoms with van der Waals surface area (Å²) in [6.45, 7) is 5.59. The first-order valence-electron chi connectivity index (χ1n) is 8.62. The van der Waals surface area contributed by atoms with Gasteiger partial charge in [-0.25, -0.2) is 8.42 Å². The minimum Gasteiger partial charge on any atom is -0.468 e. The van der Waals surface area contributed by atoms with Crippen molar-refractivity contribution in [3.05, 3.63) is 59.2 Å². The molecule has 2 aromatic rings. The number of carbonyl (C=O) groups is 1. The number of sulfone groups is 1. The van der Waals surface area contributed by atoms with Gasteiger partial charge >= 0.3 is 0 Å². The summed E-state index contributed by atoms with van der Waals surface area (Å²) < 4.78 is 32.7. The first-order valence-corrected chi connectivity index (χ1v) is 10.2. The number of hydrogen-bond acceptors (Lipinski definition) is 4. The number of ether oxygens (including phenoxy) is 1. The van der Waals surface area contributed by atoms with Crippen molar-refractivity contribution >= 4 is 15.7 Å². The number of fused-ring (bicyclic) bond motifs is 4. The SMILES string of the molecule is Cc1ccc(S(=O)(=O)C2C(=O)N[C@@]3(C)C[C@@H]2c2ccccc2O3)cc1C. The molecule has 5 nitrogen and oxygen atoms in total. The summed E-state index contributed by atoms with van der Waals surface area (Å²) in [5.74, 6) is -0.312. The summed E-state index contributed by atoms with van der Waals surface area (Å²) in [6.07, 6.45) is 0.421. The van der Waals surface area contributed by atoms with Crippen molar-refractivity contribution < 1.29 is 17.9 Å². The Balaban J connectivity index is 1.86. The topological polar surface area (TPSA) is 72.5 Å². The Morgan fingerprint density at radius 1 is 1.12 bits per heavy atom. The summed E-state index contributed by atoms with van der Waals surface area (Å²) >= 11 is 0. The summed E-state index contributed by atoms with van der Waals surface area (Å²) in [4.78, 5) is 13.0. The van der Waals surface area contributed by atoms with Gasteiger partial charge in [-0.1, -0.05) is 24.3 Å². The normalized spacial score (nSPS) is 27.3. The van der Waals surface area contributed by atoms with E-state index < -0.39 is 32.6 Å². The first-order chi connectivity index (χ1) is 12.2. The second kappa shape index (κ2) is 5.58. The maximum atomic E-state index is 13.4. The number of piperidine rings is 1. The highest BCUT2D eigenvalue weighted by Gasteiger charge is 2.54. The van der Waals surface area contributed by atoms with Gasteiger partial charge in [-0.3, -0.25) is 4.79 Å². The molecule has 4 rings (SSSR count). The fraction of sp³-hybridized carbons (Fsp3) is 0.350. The van der Waals surface area contributed by atoms with Crippen LogP contribution in [0.25, 0.3) is 0 Å².